The second-order valence-electron chi connectivity index (χ2n) is 9.82. The summed E-state index contributed by atoms with van der Waals surface area (Å²) in [5, 5.41) is 13.4. The Morgan fingerprint density at radius 3 is 2.24 bits per heavy atom. The molecule has 0 saturated carbocycles. The summed E-state index contributed by atoms with van der Waals surface area (Å²) in [5.41, 5.74) is 4.19. The molecule has 0 aliphatic carbocycles. The Balaban J connectivity index is 1.52. The molecule has 5 nitrogen and oxygen atoms in total. The van der Waals surface area contributed by atoms with Gasteiger partial charge in [-0.1, -0.05) is 72.3 Å². The summed E-state index contributed by atoms with van der Waals surface area (Å²) in [6.45, 7) is 4.03. The second kappa shape index (κ2) is 9.25. The Morgan fingerprint density at radius 2 is 1.49 bits per heavy atom. The van der Waals surface area contributed by atoms with E-state index in [2.05, 4.69) is 4.90 Å². The number of carbonyl (C=O) groups is 2. The van der Waals surface area contributed by atoms with Crippen LogP contribution in [0.1, 0.15) is 35.6 Å². The fraction of sp³-hybridized carbons (Fsp3) is 0.188. The molecule has 37 heavy (non-hydrogen) atoms. The molecule has 1 atom stereocenters. The van der Waals surface area contributed by atoms with Gasteiger partial charge in [-0.2, -0.15) is 0 Å². The van der Waals surface area contributed by atoms with Crippen LogP contribution in [0.4, 0.5) is 11.4 Å². The molecule has 1 unspecified atom stereocenters. The van der Waals surface area contributed by atoms with Gasteiger partial charge in [0.05, 0.1) is 11.6 Å². The zero-order chi connectivity index (χ0) is 25.5. The van der Waals surface area contributed by atoms with Crippen LogP contribution >= 0.6 is 0 Å². The van der Waals surface area contributed by atoms with Crippen LogP contribution in [0.25, 0.3) is 16.5 Å². The maximum absolute atomic E-state index is 13.6. The Labute approximate surface area is 216 Å². The van der Waals surface area contributed by atoms with Crippen molar-refractivity contribution >= 4 is 39.6 Å². The second-order valence-corrected chi connectivity index (χ2v) is 9.82. The summed E-state index contributed by atoms with van der Waals surface area (Å²) in [6.07, 6.45) is 2.36. The summed E-state index contributed by atoms with van der Waals surface area (Å²) in [6, 6.07) is 28.2. The lowest BCUT2D eigenvalue weighted by Crippen LogP contribution is -2.29. The van der Waals surface area contributed by atoms with Crippen molar-refractivity contribution < 1.29 is 14.7 Å². The smallest absolute Gasteiger partial charge is 0.300 e. The van der Waals surface area contributed by atoms with Gasteiger partial charge in [-0.25, -0.2) is 0 Å². The van der Waals surface area contributed by atoms with E-state index >= 15 is 0 Å². The maximum Gasteiger partial charge on any atom is 0.300 e. The van der Waals surface area contributed by atoms with E-state index < -0.39 is 17.7 Å². The number of amides is 1. The summed E-state index contributed by atoms with van der Waals surface area (Å²) < 4.78 is 0. The molecule has 1 N–H and O–H groups in total. The molecular weight excluding hydrogens is 460 g/mol. The minimum Gasteiger partial charge on any atom is -0.507 e. The highest BCUT2D eigenvalue weighted by Gasteiger charge is 2.47. The molecule has 4 aromatic rings. The normalized spacial score (nSPS) is 19.2. The molecule has 5 heteroatoms. The van der Waals surface area contributed by atoms with Crippen LogP contribution in [-0.4, -0.2) is 29.9 Å². The van der Waals surface area contributed by atoms with Crippen LogP contribution in [-0.2, 0) is 9.59 Å². The van der Waals surface area contributed by atoms with Gasteiger partial charge >= 0.3 is 0 Å². The molecule has 2 aliphatic rings. The summed E-state index contributed by atoms with van der Waals surface area (Å²) in [7, 11) is 0. The topological polar surface area (TPSA) is 60.9 Å². The number of aryl methyl sites for hydroxylation is 1. The van der Waals surface area contributed by atoms with Gasteiger partial charge in [-0.3, -0.25) is 14.5 Å². The largest absolute Gasteiger partial charge is 0.507 e. The van der Waals surface area contributed by atoms with Gasteiger partial charge in [-0.05, 0) is 60.4 Å². The van der Waals surface area contributed by atoms with E-state index in [0.717, 1.165) is 40.7 Å². The minimum absolute atomic E-state index is 0.107. The first kappa shape index (κ1) is 23.0. The van der Waals surface area contributed by atoms with Gasteiger partial charge in [0.2, 0.25) is 0 Å². The number of ketones is 1. The summed E-state index contributed by atoms with van der Waals surface area (Å²) in [5.74, 6) is -1.47. The Kier molecular flexibility index (Phi) is 5.76. The summed E-state index contributed by atoms with van der Waals surface area (Å²) in [4.78, 5) is 31.0. The number of rotatable bonds is 4. The van der Waals surface area contributed by atoms with E-state index in [1.807, 2.05) is 91.9 Å². The van der Waals surface area contributed by atoms with Crippen molar-refractivity contribution in [3.63, 3.8) is 0 Å². The molecular formula is C32H28N2O3. The number of aliphatic hydroxyl groups excluding tert-OH is 1. The van der Waals surface area contributed by atoms with E-state index in [1.165, 1.54) is 17.7 Å². The highest BCUT2D eigenvalue weighted by molar-refractivity contribution is 6.51. The predicted octanol–water partition coefficient (Wildman–Crippen LogP) is 6.37. The predicted molar refractivity (Wildman–Crippen MR) is 148 cm³/mol. The number of anilines is 2. The van der Waals surface area contributed by atoms with Crippen molar-refractivity contribution in [3.05, 3.63) is 113 Å². The lowest BCUT2D eigenvalue weighted by molar-refractivity contribution is -0.132. The molecule has 0 radical (unpaired) electrons. The Morgan fingerprint density at radius 1 is 0.811 bits per heavy atom. The van der Waals surface area contributed by atoms with E-state index in [1.54, 1.807) is 6.07 Å². The molecule has 1 amide bonds. The van der Waals surface area contributed by atoms with Crippen LogP contribution in [0.3, 0.4) is 0 Å². The van der Waals surface area contributed by atoms with Gasteiger partial charge in [-0.15, -0.1) is 0 Å². The molecule has 6 rings (SSSR count). The number of carbonyl (C=O) groups excluding carboxylic acids is 2. The first-order valence-electron chi connectivity index (χ1n) is 12.7. The fourth-order valence-corrected chi connectivity index (χ4v) is 5.63. The van der Waals surface area contributed by atoms with Crippen LogP contribution in [0.2, 0.25) is 0 Å². The highest BCUT2D eigenvalue weighted by atomic mass is 16.3. The zero-order valence-corrected chi connectivity index (χ0v) is 20.7. The van der Waals surface area contributed by atoms with Crippen molar-refractivity contribution in [2.75, 3.05) is 22.9 Å². The molecule has 2 aliphatic heterocycles. The van der Waals surface area contributed by atoms with E-state index in [-0.39, 0.29) is 11.3 Å². The van der Waals surface area contributed by atoms with Gasteiger partial charge < -0.3 is 10.0 Å². The van der Waals surface area contributed by atoms with Crippen LogP contribution in [0, 0.1) is 6.92 Å². The number of hydrogen-bond donors (Lipinski definition) is 1. The SMILES string of the molecule is Cc1cccc(C2/C(=C(/O)c3cccc4ccccc34)C(=O)C(=O)N2c2ccc(N3CCCC3)cc2)c1. The number of aliphatic hydroxyl groups is 1. The van der Waals surface area contributed by atoms with Crippen molar-refractivity contribution in [2.45, 2.75) is 25.8 Å². The molecule has 184 valence electrons. The Hall–Kier alpha value is -4.38. The number of benzene rings is 4. The van der Waals surface area contributed by atoms with Crippen LogP contribution < -0.4 is 9.80 Å². The van der Waals surface area contributed by atoms with E-state index in [0.29, 0.717) is 11.3 Å². The van der Waals surface area contributed by atoms with Gasteiger partial charge in [0.1, 0.15) is 5.76 Å². The van der Waals surface area contributed by atoms with E-state index in [4.69, 9.17) is 0 Å². The van der Waals surface area contributed by atoms with Crippen molar-refractivity contribution in [3.8, 4) is 0 Å². The first-order chi connectivity index (χ1) is 18.0. The van der Waals surface area contributed by atoms with Gasteiger partial charge in [0.25, 0.3) is 11.7 Å². The van der Waals surface area contributed by atoms with Crippen LogP contribution in [0.5, 0.6) is 0 Å². The maximum atomic E-state index is 13.6. The molecule has 2 fully saturated rings. The van der Waals surface area contributed by atoms with Crippen molar-refractivity contribution in [1.82, 2.24) is 0 Å². The molecule has 2 heterocycles. The van der Waals surface area contributed by atoms with Crippen molar-refractivity contribution in [2.24, 2.45) is 0 Å². The first-order valence-corrected chi connectivity index (χ1v) is 12.7. The fourth-order valence-electron chi connectivity index (χ4n) is 5.63. The third-order valence-electron chi connectivity index (χ3n) is 7.45. The minimum atomic E-state index is -0.739. The number of hydrogen-bond acceptors (Lipinski definition) is 4. The van der Waals surface area contributed by atoms with Crippen LogP contribution in [0.15, 0.2) is 96.6 Å². The van der Waals surface area contributed by atoms with Gasteiger partial charge in [0.15, 0.2) is 0 Å². The number of fused-ring (bicyclic) bond motifs is 1. The van der Waals surface area contributed by atoms with E-state index in [9.17, 15) is 14.7 Å². The van der Waals surface area contributed by atoms with Crippen molar-refractivity contribution in [1.29, 1.82) is 0 Å². The lowest BCUT2D eigenvalue weighted by Gasteiger charge is -2.26. The molecule has 4 aromatic carbocycles. The third-order valence-corrected chi connectivity index (χ3v) is 7.45. The number of Topliss-reactive ketones (excluding diaryl/α,β-unsaturated/α-hetero) is 1. The average molecular weight is 489 g/mol. The zero-order valence-electron chi connectivity index (χ0n) is 20.7. The number of nitrogens with zero attached hydrogens (tertiary/aromatic N) is 2. The molecule has 0 spiro atoms. The summed E-state index contributed by atoms with van der Waals surface area (Å²) >= 11 is 0. The lowest BCUT2D eigenvalue weighted by atomic mass is 9.92. The van der Waals surface area contributed by atoms with Gasteiger partial charge in [0, 0.05) is 30.0 Å². The highest BCUT2D eigenvalue weighted by Crippen LogP contribution is 2.43. The standard InChI is InChI=1S/C32H28N2O3/c1-21-8-6-11-23(20-21)29-28(30(35)27-13-7-10-22-9-2-3-12-26(22)27)31(36)32(37)34(29)25-16-14-24(15-17-25)33-18-4-5-19-33/h2-3,6-17,20,29,35H,4-5,18-19H2,1H3/b30-28-. The molecule has 0 bridgehead atoms. The molecule has 0 aromatic heterocycles. The monoisotopic (exact) mass is 488 g/mol. The quantitative estimate of drug-likeness (QED) is 0.206. The average Bonchev–Trinajstić information content (AvgIpc) is 3.55. The third kappa shape index (κ3) is 3.97. The molecule has 2 saturated heterocycles. The Bertz CT molecular complexity index is 1540.